The van der Waals surface area contributed by atoms with Crippen LogP contribution in [0.4, 0.5) is 13.2 Å². The lowest BCUT2D eigenvalue weighted by atomic mass is 9.94. The number of aromatic nitrogens is 3. The molecule has 5 nitrogen and oxygen atoms in total. The van der Waals surface area contributed by atoms with Crippen molar-refractivity contribution < 1.29 is 17.9 Å². The van der Waals surface area contributed by atoms with Crippen molar-refractivity contribution in [2.75, 3.05) is 26.7 Å². The standard InChI is InChI=1S/C26H29F3N4O/c1-32-23(30-31-24(32)18-6-12-22(34-2)13-7-18)5-3-4-14-33-16-21-15-25(21,17-33)19-8-10-20(11-9-19)26(27,28)29/h6-13,21H,3-5,14-17H2,1-2H3/t21-,25+/m0/s1. The van der Waals surface area contributed by atoms with Crippen molar-refractivity contribution in [1.82, 2.24) is 19.7 Å². The van der Waals surface area contributed by atoms with E-state index in [2.05, 4.69) is 15.1 Å². The number of ether oxygens (including phenoxy) is 1. The van der Waals surface area contributed by atoms with E-state index in [1.165, 1.54) is 12.1 Å². The predicted octanol–water partition coefficient (Wildman–Crippen LogP) is 5.11. The smallest absolute Gasteiger partial charge is 0.416 e. The summed E-state index contributed by atoms with van der Waals surface area (Å²) in [6, 6.07) is 13.6. The van der Waals surface area contributed by atoms with Crippen molar-refractivity contribution in [2.45, 2.75) is 37.3 Å². The predicted molar refractivity (Wildman–Crippen MR) is 124 cm³/mol. The summed E-state index contributed by atoms with van der Waals surface area (Å²) in [5, 5.41) is 8.75. The Morgan fingerprint density at radius 2 is 1.76 bits per heavy atom. The summed E-state index contributed by atoms with van der Waals surface area (Å²) < 4.78 is 45.9. The lowest BCUT2D eigenvalue weighted by Gasteiger charge is -2.21. The Hall–Kier alpha value is -2.87. The lowest BCUT2D eigenvalue weighted by Crippen LogP contribution is -2.27. The minimum Gasteiger partial charge on any atom is -0.497 e. The Morgan fingerprint density at radius 1 is 1.03 bits per heavy atom. The molecular formula is C26H29F3N4O. The van der Waals surface area contributed by atoms with E-state index in [1.807, 2.05) is 35.9 Å². The third kappa shape index (κ3) is 4.31. The molecule has 8 heteroatoms. The van der Waals surface area contributed by atoms with Crippen LogP contribution in [0.3, 0.4) is 0 Å². The van der Waals surface area contributed by atoms with Gasteiger partial charge in [-0.05, 0) is 73.7 Å². The van der Waals surface area contributed by atoms with Crippen LogP contribution >= 0.6 is 0 Å². The molecule has 3 aromatic rings. The van der Waals surface area contributed by atoms with Crippen molar-refractivity contribution >= 4 is 0 Å². The van der Waals surface area contributed by atoms with E-state index in [0.717, 1.165) is 73.8 Å². The highest BCUT2D eigenvalue weighted by Crippen LogP contribution is 2.59. The number of piperidine rings is 1. The summed E-state index contributed by atoms with van der Waals surface area (Å²) in [7, 11) is 3.64. The number of alkyl halides is 3. The number of nitrogens with zero attached hydrogens (tertiary/aromatic N) is 4. The molecule has 0 N–H and O–H groups in total. The normalized spacial score (nSPS) is 22.1. The molecule has 1 saturated heterocycles. The van der Waals surface area contributed by atoms with Crippen LogP contribution in [0, 0.1) is 5.92 Å². The summed E-state index contributed by atoms with van der Waals surface area (Å²) in [4.78, 5) is 2.46. The first kappa shape index (κ1) is 22.9. The minimum absolute atomic E-state index is 0.0565. The van der Waals surface area contributed by atoms with Crippen molar-refractivity contribution in [3.05, 3.63) is 65.5 Å². The zero-order valence-corrected chi connectivity index (χ0v) is 19.5. The van der Waals surface area contributed by atoms with Gasteiger partial charge < -0.3 is 14.2 Å². The van der Waals surface area contributed by atoms with E-state index in [1.54, 1.807) is 19.2 Å². The summed E-state index contributed by atoms with van der Waals surface area (Å²) in [5.74, 6) is 3.19. The van der Waals surface area contributed by atoms with Gasteiger partial charge in [0.05, 0.1) is 12.7 Å². The van der Waals surface area contributed by atoms with Gasteiger partial charge in [0.1, 0.15) is 11.6 Å². The van der Waals surface area contributed by atoms with Crippen LogP contribution in [0.2, 0.25) is 0 Å². The number of halogens is 3. The molecule has 0 spiro atoms. The molecular weight excluding hydrogens is 441 g/mol. The van der Waals surface area contributed by atoms with Crippen LogP contribution in [-0.2, 0) is 25.1 Å². The Balaban J connectivity index is 1.11. The second kappa shape index (κ2) is 8.73. The molecule has 2 atom stereocenters. The third-order valence-electron chi connectivity index (χ3n) is 7.44. The first-order valence-electron chi connectivity index (χ1n) is 11.7. The van der Waals surface area contributed by atoms with Gasteiger partial charge in [-0.25, -0.2) is 0 Å². The molecule has 0 bridgehead atoms. The molecule has 0 radical (unpaired) electrons. The van der Waals surface area contributed by atoms with Gasteiger partial charge in [0.15, 0.2) is 5.82 Å². The highest BCUT2D eigenvalue weighted by Gasteiger charge is 2.60. The SMILES string of the molecule is COc1ccc(-c2nnc(CCCCN3C[C@@H]4C[C@]4(c4ccc(C(F)(F)F)cc4)C3)n2C)cc1. The monoisotopic (exact) mass is 470 g/mol. The Kier molecular flexibility index (Phi) is 5.88. The van der Waals surface area contributed by atoms with Crippen molar-refractivity contribution in [3.8, 4) is 17.1 Å². The van der Waals surface area contributed by atoms with Crippen LogP contribution in [0.15, 0.2) is 48.5 Å². The fraction of sp³-hybridized carbons (Fsp3) is 0.462. The first-order valence-corrected chi connectivity index (χ1v) is 11.7. The maximum atomic E-state index is 12.9. The molecule has 34 heavy (non-hydrogen) atoms. The highest BCUT2D eigenvalue weighted by molar-refractivity contribution is 5.56. The number of fused-ring (bicyclic) bond motifs is 1. The fourth-order valence-corrected chi connectivity index (χ4v) is 5.38. The molecule has 5 rings (SSSR count). The Labute approximate surface area is 197 Å². The molecule has 2 heterocycles. The maximum absolute atomic E-state index is 12.9. The zero-order valence-electron chi connectivity index (χ0n) is 19.5. The average Bonchev–Trinajstić information content (AvgIpc) is 3.21. The summed E-state index contributed by atoms with van der Waals surface area (Å²) in [6.45, 7) is 2.98. The summed E-state index contributed by atoms with van der Waals surface area (Å²) in [5.41, 5.74) is 1.55. The minimum atomic E-state index is -4.28. The molecule has 1 aromatic heterocycles. The molecule has 2 aromatic carbocycles. The van der Waals surface area contributed by atoms with E-state index in [9.17, 15) is 13.2 Å². The fourth-order valence-electron chi connectivity index (χ4n) is 5.38. The van der Waals surface area contributed by atoms with Gasteiger partial charge in [0, 0.05) is 37.5 Å². The number of hydrogen-bond acceptors (Lipinski definition) is 4. The molecule has 1 saturated carbocycles. The Morgan fingerprint density at radius 3 is 2.44 bits per heavy atom. The maximum Gasteiger partial charge on any atom is 0.416 e. The quantitative estimate of drug-likeness (QED) is 0.430. The van der Waals surface area contributed by atoms with Gasteiger partial charge in [0.2, 0.25) is 0 Å². The van der Waals surface area contributed by atoms with Crippen LogP contribution in [0.25, 0.3) is 11.4 Å². The molecule has 2 fully saturated rings. The van der Waals surface area contributed by atoms with Crippen LogP contribution < -0.4 is 4.74 Å². The van der Waals surface area contributed by atoms with Gasteiger partial charge in [-0.15, -0.1) is 10.2 Å². The van der Waals surface area contributed by atoms with Crippen LogP contribution in [0.1, 0.15) is 36.2 Å². The number of hydrogen-bond donors (Lipinski definition) is 0. The molecule has 0 amide bonds. The van der Waals surface area contributed by atoms with Gasteiger partial charge >= 0.3 is 6.18 Å². The van der Waals surface area contributed by atoms with Gasteiger partial charge in [-0.3, -0.25) is 0 Å². The number of rotatable bonds is 8. The van der Waals surface area contributed by atoms with Crippen molar-refractivity contribution in [3.63, 3.8) is 0 Å². The second-order valence-corrected chi connectivity index (χ2v) is 9.55. The van der Waals surface area contributed by atoms with E-state index >= 15 is 0 Å². The van der Waals surface area contributed by atoms with Crippen LogP contribution in [0.5, 0.6) is 5.75 Å². The van der Waals surface area contributed by atoms with E-state index in [-0.39, 0.29) is 5.41 Å². The number of aryl methyl sites for hydroxylation is 1. The summed E-state index contributed by atoms with van der Waals surface area (Å²) >= 11 is 0. The number of benzene rings is 2. The first-order chi connectivity index (χ1) is 16.3. The topological polar surface area (TPSA) is 43.2 Å². The van der Waals surface area contributed by atoms with E-state index in [0.29, 0.717) is 5.92 Å². The van der Waals surface area contributed by atoms with Gasteiger partial charge in [0.25, 0.3) is 0 Å². The molecule has 0 unspecified atom stereocenters. The van der Waals surface area contributed by atoms with E-state index in [4.69, 9.17) is 4.74 Å². The lowest BCUT2D eigenvalue weighted by molar-refractivity contribution is -0.137. The van der Waals surface area contributed by atoms with Crippen molar-refractivity contribution in [2.24, 2.45) is 13.0 Å². The van der Waals surface area contributed by atoms with Crippen molar-refractivity contribution in [1.29, 1.82) is 0 Å². The highest BCUT2D eigenvalue weighted by atomic mass is 19.4. The van der Waals surface area contributed by atoms with Crippen LogP contribution in [-0.4, -0.2) is 46.4 Å². The Bertz CT molecular complexity index is 1140. The number of likely N-dealkylation sites (tertiary alicyclic amines) is 1. The largest absolute Gasteiger partial charge is 0.497 e. The number of unbranched alkanes of at least 4 members (excludes halogenated alkanes) is 1. The molecule has 1 aliphatic carbocycles. The molecule has 1 aliphatic heterocycles. The van der Waals surface area contributed by atoms with Gasteiger partial charge in [-0.2, -0.15) is 13.2 Å². The summed E-state index contributed by atoms with van der Waals surface area (Å²) in [6.07, 6.45) is -0.258. The molecule has 2 aliphatic rings. The zero-order chi connectivity index (χ0) is 23.9. The third-order valence-corrected chi connectivity index (χ3v) is 7.44. The van der Waals surface area contributed by atoms with E-state index < -0.39 is 11.7 Å². The van der Waals surface area contributed by atoms with Gasteiger partial charge in [-0.1, -0.05) is 12.1 Å². The number of methoxy groups -OCH3 is 1. The molecule has 180 valence electrons. The average molecular weight is 471 g/mol. The second-order valence-electron chi connectivity index (χ2n) is 9.55.